The summed E-state index contributed by atoms with van der Waals surface area (Å²) in [6.45, 7) is 3.57. The molecule has 2 atom stereocenters. The first kappa shape index (κ1) is 20.2. The van der Waals surface area contributed by atoms with Gasteiger partial charge in [0.25, 0.3) is 0 Å². The first-order chi connectivity index (χ1) is 11.9. The SMILES string of the molecule is CC(NC(=O)C(C)(N)C1CC1)c1ccc(Oc2ccccc2)c(F)c1.Cl. The van der Waals surface area contributed by atoms with Crippen LogP contribution in [-0.4, -0.2) is 11.4 Å². The summed E-state index contributed by atoms with van der Waals surface area (Å²) in [6.07, 6.45) is 1.96. The van der Waals surface area contributed by atoms with E-state index in [4.69, 9.17) is 10.5 Å². The fourth-order valence-corrected chi connectivity index (χ4v) is 2.79. The van der Waals surface area contributed by atoms with Crippen LogP contribution < -0.4 is 15.8 Å². The highest BCUT2D eigenvalue weighted by Gasteiger charge is 2.44. The van der Waals surface area contributed by atoms with Crippen LogP contribution >= 0.6 is 12.4 Å². The number of amides is 1. The van der Waals surface area contributed by atoms with Crippen molar-refractivity contribution >= 4 is 18.3 Å². The Labute approximate surface area is 159 Å². The molecule has 1 fully saturated rings. The van der Waals surface area contributed by atoms with E-state index in [1.54, 1.807) is 31.2 Å². The zero-order valence-corrected chi connectivity index (χ0v) is 15.7. The predicted octanol–water partition coefficient (Wildman–Crippen LogP) is 4.34. The van der Waals surface area contributed by atoms with Gasteiger partial charge in [-0.2, -0.15) is 0 Å². The molecule has 2 unspecified atom stereocenters. The third-order valence-electron chi connectivity index (χ3n) is 4.69. The molecular weight excluding hydrogens is 355 g/mol. The number of rotatable bonds is 6. The monoisotopic (exact) mass is 378 g/mol. The summed E-state index contributed by atoms with van der Waals surface area (Å²) in [4.78, 5) is 12.4. The number of carbonyl (C=O) groups excluding carboxylic acids is 1. The Morgan fingerprint density at radius 1 is 1.27 bits per heavy atom. The lowest BCUT2D eigenvalue weighted by Crippen LogP contribution is -2.53. The second-order valence-corrected chi connectivity index (χ2v) is 6.86. The van der Waals surface area contributed by atoms with Crippen LogP contribution in [-0.2, 0) is 4.79 Å². The van der Waals surface area contributed by atoms with E-state index in [2.05, 4.69) is 5.32 Å². The van der Waals surface area contributed by atoms with Crippen LogP contribution in [0, 0.1) is 11.7 Å². The fraction of sp³-hybridized carbons (Fsp3) is 0.350. The summed E-state index contributed by atoms with van der Waals surface area (Å²) < 4.78 is 19.9. The zero-order chi connectivity index (χ0) is 18.0. The lowest BCUT2D eigenvalue weighted by molar-refractivity contribution is -0.127. The molecule has 4 nitrogen and oxygen atoms in total. The van der Waals surface area contributed by atoms with Crippen molar-refractivity contribution in [2.75, 3.05) is 0 Å². The number of nitrogens with two attached hydrogens (primary N) is 1. The molecule has 0 aliphatic heterocycles. The lowest BCUT2D eigenvalue weighted by Gasteiger charge is -2.26. The molecular formula is C20H24ClFN2O2. The van der Waals surface area contributed by atoms with Gasteiger partial charge >= 0.3 is 0 Å². The Bertz CT molecular complexity index is 764. The summed E-state index contributed by atoms with van der Waals surface area (Å²) in [5, 5.41) is 2.88. The highest BCUT2D eigenvalue weighted by atomic mass is 35.5. The largest absolute Gasteiger partial charge is 0.454 e. The average Bonchev–Trinajstić information content (AvgIpc) is 3.43. The number of nitrogens with one attached hydrogen (secondary N) is 1. The topological polar surface area (TPSA) is 64.4 Å². The molecule has 0 heterocycles. The van der Waals surface area contributed by atoms with Crippen LogP contribution in [0.5, 0.6) is 11.5 Å². The van der Waals surface area contributed by atoms with Crippen molar-refractivity contribution in [2.24, 2.45) is 11.7 Å². The molecule has 1 aliphatic rings. The second kappa shape index (κ2) is 8.06. The van der Waals surface area contributed by atoms with Crippen molar-refractivity contribution in [1.29, 1.82) is 0 Å². The maximum absolute atomic E-state index is 14.3. The van der Waals surface area contributed by atoms with Crippen molar-refractivity contribution in [1.82, 2.24) is 5.32 Å². The molecule has 3 N–H and O–H groups in total. The average molecular weight is 379 g/mol. The van der Waals surface area contributed by atoms with E-state index in [1.165, 1.54) is 6.07 Å². The molecule has 1 amide bonds. The number of para-hydroxylation sites is 1. The van der Waals surface area contributed by atoms with E-state index in [9.17, 15) is 9.18 Å². The van der Waals surface area contributed by atoms with Crippen molar-refractivity contribution in [2.45, 2.75) is 38.3 Å². The van der Waals surface area contributed by atoms with Crippen LogP contribution in [0.15, 0.2) is 48.5 Å². The highest BCUT2D eigenvalue weighted by molar-refractivity contribution is 5.86. The van der Waals surface area contributed by atoms with Gasteiger partial charge < -0.3 is 15.8 Å². The summed E-state index contributed by atoms with van der Waals surface area (Å²) >= 11 is 0. The van der Waals surface area contributed by atoms with Crippen LogP contribution in [0.2, 0.25) is 0 Å². The van der Waals surface area contributed by atoms with Gasteiger partial charge in [0.2, 0.25) is 5.91 Å². The first-order valence-electron chi connectivity index (χ1n) is 8.50. The number of ether oxygens (including phenoxy) is 1. The van der Waals surface area contributed by atoms with Gasteiger partial charge in [-0.15, -0.1) is 12.4 Å². The van der Waals surface area contributed by atoms with E-state index in [0.717, 1.165) is 12.8 Å². The van der Waals surface area contributed by atoms with Crippen molar-refractivity contribution in [3.05, 3.63) is 59.9 Å². The predicted molar refractivity (Wildman–Crippen MR) is 102 cm³/mol. The van der Waals surface area contributed by atoms with Gasteiger partial charge in [0.1, 0.15) is 5.75 Å². The van der Waals surface area contributed by atoms with E-state index >= 15 is 0 Å². The van der Waals surface area contributed by atoms with Gasteiger partial charge in [0, 0.05) is 0 Å². The third-order valence-corrected chi connectivity index (χ3v) is 4.69. The summed E-state index contributed by atoms with van der Waals surface area (Å²) in [6, 6.07) is 13.4. The van der Waals surface area contributed by atoms with Crippen LogP contribution in [0.25, 0.3) is 0 Å². The van der Waals surface area contributed by atoms with E-state index in [-0.39, 0.29) is 36.0 Å². The molecule has 0 bridgehead atoms. The van der Waals surface area contributed by atoms with Gasteiger partial charge in [0.15, 0.2) is 11.6 Å². The summed E-state index contributed by atoms with van der Waals surface area (Å²) in [5.41, 5.74) is 5.92. The van der Waals surface area contributed by atoms with Gasteiger partial charge in [-0.25, -0.2) is 4.39 Å². The van der Waals surface area contributed by atoms with Crippen molar-refractivity contribution in [3.63, 3.8) is 0 Å². The highest BCUT2D eigenvalue weighted by Crippen LogP contribution is 2.38. The number of carbonyl (C=O) groups is 1. The Balaban J connectivity index is 0.00000243. The minimum atomic E-state index is -0.872. The van der Waals surface area contributed by atoms with Gasteiger partial charge in [0.05, 0.1) is 11.6 Å². The van der Waals surface area contributed by atoms with Crippen LogP contribution in [0.1, 0.15) is 38.3 Å². The normalized spacial score (nSPS) is 16.8. The number of halogens is 2. The van der Waals surface area contributed by atoms with Crippen LogP contribution in [0.3, 0.4) is 0 Å². The zero-order valence-electron chi connectivity index (χ0n) is 14.9. The second-order valence-electron chi connectivity index (χ2n) is 6.86. The van der Waals surface area contributed by atoms with Gasteiger partial charge in [-0.1, -0.05) is 24.3 Å². The molecule has 2 aromatic rings. The molecule has 0 aromatic heterocycles. The quantitative estimate of drug-likeness (QED) is 0.785. The van der Waals surface area contributed by atoms with Crippen molar-refractivity contribution < 1.29 is 13.9 Å². The Morgan fingerprint density at radius 2 is 1.92 bits per heavy atom. The Kier molecular flexibility index (Phi) is 6.26. The van der Waals surface area contributed by atoms with Gasteiger partial charge in [-0.05, 0) is 62.4 Å². The number of hydrogen-bond acceptors (Lipinski definition) is 3. The van der Waals surface area contributed by atoms with Crippen molar-refractivity contribution in [3.8, 4) is 11.5 Å². The minimum Gasteiger partial charge on any atom is -0.454 e. The lowest BCUT2D eigenvalue weighted by atomic mass is 9.95. The number of hydrogen-bond donors (Lipinski definition) is 2. The molecule has 0 radical (unpaired) electrons. The fourth-order valence-electron chi connectivity index (χ4n) is 2.79. The molecule has 0 spiro atoms. The standard InChI is InChI=1S/C20H23FN2O2.ClH/c1-13(23-19(24)20(2,22)15-9-10-15)14-8-11-18(17(21)12-14)25-16-6-4-3-5-7-16;/h3-8,11-13,15H,9-10,22H2,1-2H3,(H,23,24);1H. The molecule has 140 valence electrons. The molecule has 26 heavy (non-hydrogen) atoms. The van der Waals surface area contributed by atoms with Gasteiger partial charge in [-0.3, -0.25) is 4.79 Å². The Hall–Kier alpha value is -2.11. The first-order valence-corrected chi connectivity index (χ1v) is 8.50. The molecule has 0 saturated heterocycles. The summed E-state index contributed by atoms with van der Waals surface area (Å²) in [5.74, 6) is 0.278. The minimum absolute atomic E-state index is 0. The molecule has 6 heteroatoms. The molecule has 1 saturated carbocycles. The maximum atomic E-state index is 14.3. The third kappa shape index (κ3) is 4.54. The molecule has 3 rings (SSSR count). The van der Waals surface area contributed by atoms with E-state index in [1.807, 2.05) is 25.1 Å². The maximum Gasteiger partial charge on any atom is 0.240 e. The smallest absolute Gasteiger partial charge is 0.240 e. The molecule has 2 aromatic carbocycles. The summed E-state index contributed by atoms with van der Waals surface area (Å²) in [7, 11) is 0. The van der Waals surface area contributed by atoms with E-state index < -0.39 is 11.4 Å². The Morgan fingerprint density at radius 3 is 2.50 bits per heavy atom. The molecule has 1 aliphatic carbocycles. The van der Waals surface area contributed by atoms with Crippen LogP contribution in [0.4, 0.5) is 4.39 Å². The van der Waals surface area contributed by atoms with E-state index in [0.29, 0.717) is 11.3 Å². The number of benzene rings is 2.